The van der Waals surface area contributed by atoms with E-state index in [1.165, 1.54) is 26.4 Å². The minimum atomic E-state index is -0.883. The molecular weight excluding hydrogens is 340 g/mol. The van der Waals surface area contributed by atoms with E-state index in [0.717, 1.165) is 38.5 Å². The molecular formula is C23H36O4. The zero-order valence-corrected chi connectivity index (χ0v) is 17.4. The molecule has 6 fully saturated rings. The summed E-state index contributed by atoms with van der Waals surface area (Å²) in [5.41, 5.74) is 0.262. The summed E-state index contributed by atoms with van der Waals surface area (Å²) in [6.45, 7) is 6.97. The first-order chi connectivity index (χ1) is 12.7. The summed E-state index contributed by atoms with van der Waals surface area (Å²) in [6, 6.07) is 0. The van der Waals surface area contributed by atoms with Gasteiger partial charge in [-0.15, -0.1) is 0 Å². The topological polar surface area (TPSA) is 55.8 Å². The second-order valence-electron chi connectivity index (χ2n) is 11.0. The Labute approximate surface area is 163 Å². The molecule has 1 N–H and O–H groups in total. The first-order valence-electron chi connectivity index (χ1n) is 11.2. The smallest absolute Gasteiger partial charge is 0.308 e. The van der Waals surface area contributed by atoms with Crippen LogP contribution in [0.3, 0.4) is 0 Å². The van der Waals surface area contributed by atoms with Crippen molar-refractivity contribution in [3.8, 4) is 0 Å². The number of carbonyl (C=O) groups excluding carboxylic acids is 1. The maximum atomic E-state index is 12.3. The fourth-order valence-corrected chi connectivity index (χ4v) is 9.01. The van der Waals surface area contributed by atoms with E-state index in [1.807, 2.05) is 0 Å². The predicted molar refractivity (Wildman–Crippen MR) is 102 cm³/mol. The number of rotatable bonds is 2. The molecule has 9 atom stereocenters. The Kier molecular flexibility index (Phi) is 3.75. The van der Waals surface area contributed by atoms with Gasteiger partial charge >= 0.3 is 5.97 Å². The Balaban J connectivity index is 1.51. The fourth-order valence-electron chi connectivity index (χ4n) is 9.01. The van der Waals surface area contributed by atoms with Crippen LogP contribution >= 0.6 is 0 Å². The highest BCUT2D eigenvalue weighted by Gasteiger charge is 2.73. The number of methoxy groups -OCH3 is 1. The Hall–Kier alpha value is -0.610. The minimum Gasteiger partial charge on any atom is -0.469 e. The third-order valence-electron chi connectivity index (χ3n) is 10.4. The molecule has 4 bridgehead atoms. The first kappa shape index (κ1) is 18.4. The second kappa shape index (κ2) is 5.50. The van der Waals surface area contributed by atoms with Crippen molar-refractivity contribution >= 4 is 5.97 Å². The summed E-state index contributed by atoms with van der Waals surface area (Å²) >= 11 is 0. The van der Waals surface area contributed by atoms with Crippen molar-refractivity contribution in [3.05, 3.63) is 0 Å². The van der Waals surface area contributed by atoms with E-state index in [2.05, 4.69) is 20.8 Å². The molecule has 2 heterocycles. The van der Waals surface area contributed by atoms with E-state index in [-0.39, 0.29) is 28.3 Å². The van der Waals surface area contributed by atoms with Gasteiger partial charge in [0.15, 0.2) is 5.79 Å². The maximum Gasteiger partial charge on any atom is 0.308 e. The number of fused-ring (bicyclic) bond motifs is 3. The van der Waals surface area contributed by atoms with Gasteiger partial charge in [-0.05, 0) is 74.0 Å². The molecule has 4 aliphatic carbocycles. The quantitative estimate of drug-likeness (QED) is 0.730. The Morgan fingerprint density at radius 2 is 1.81 bits per heavy atom. The van der Waals surface area contributed by atoms with Gasteiger partial charge in [-0.2, -0.15) is 0 Å². The highest BCUT2D eigenvalue weighted by Crippen LogP contribution is 2.74. The third kappa shape index (κ3) is 2.10. The number of carbonyl (C=O) groups is 1. The molecule has 0 radical (unpaired) electrons. The molecule has 2 unspecified atom stereocenters. The third-order valence-corrected chi connectivity index (χ3v) is 10.4. The maximum absolute atomic E-state index is 12.3. The van der Waals surface area contributed by atoms with Crippen LogP contribution in [-0.4, -0.2) is 29.6 Å². The lowest BCUT2D eigenvalue weighted by Gasteiger charge is -2.73. The number of hydrogen-bond donors (Lipinski definition) is 1. The van der Waals surface area contributed by atoms with Gasteiger partial charge in [0.25, 0.3) is 0 Å². The average Bonchev–Trinajstić information content (AvgIpc) is 2.97. The van der Waals surface area contributed by atoms with Crippen LogP contribution in [-0.2, 0) is 14.3 Å². The standard InChI is InChI=1S/C23H36O4/c1-14(19(24)26-4)16-7-8-17-18-6-5-15-13-22(25)11-10-21(15,3)23(18,27-22)12-9-20(16,17)2/h14-18,25H,5-13H2,1-4H3/t14-,15+,16+,17?,18?,20+,21-,22+,23+/m0/s1. The first-order valence-corrected chi connectivity index (χ1v) is 11.2. The van der Waals surface area contributed by atoms with Crippen LogP contribution in [0, 0.1) is 40.4 Å². The van der Waals surface area contributed by atoms with Gasteiger partial charge in [0.1, 0.15) is 0 Å². The molecule has 0 aromatic heterocycles. The van der Waals surface area contributed by atoms with E-state index in [0.29, 0.717) is 23.7 Å². The second-order valence-corrected chi connectivity index (χ2v) is 11.0. The van der Waals surface area contributed by atoms with Gasteiger partial charge in [-0.25, -0.2) is 0 Å². The molecule has 4 nitrogen and oxygen atoms in total. The van der Waals surface area contributed by atoms with E-state index in [1.54, 1.807) is 0 Å². The normalized spacial score (nSPS) is 56.9. The van der Waals surface area contributed by atoms with Gasteiger partial charge in [0.05, 0.1) is 18.6 Å². The van der Waals surface area contributed by atoms with Crippen LogP contribution in [0.4, 0.5) is 0 Å². The molecule has 4 heteroatoms. The van der Waals surface area contributed by atoms with E-state index >= 15 is 0 Å². The Bertz CT molecular complexity index is 663. The molecule has 6 rings (SSSR count). The fraction of sp³-hybridized carbons (Fsp3) is 0.957. The number of ether oxygens (including phenoxy) is 2. The van der Waals surface area contributed by atoms with Crippen molar-refractivity contribution in [2.75, 3.05) is 7.11 Å². The zero-order chi connectivity index (χ0) is 19.2. The molecule has 2 aliphatic heterocycles. The molecule has 4 saturated carbocycles. The molecule has 0 aromatic rings. The van der Waals surface area contributed by atoms with Gasteiger partial charge < -0.3 is 14.6 Å². The lowest BCUT2D eigenvalue weighted by atomic mass is 9.40. The zero-order valence-electron chi connectivity index (χ0n) is 17.4. The van der Waals surface area contributed by atoms with E-state index < -0.39 is 5.79 Å². The van der Waals surface area contributed by atoms with Crippen molar-refractivity contribution in [2.45, 2.75) is 89.9 Å². The van der Waals surface area contributed by atoms with E-state index in [9.17, 15) is 9.90 Å². The summed E-state index contributed by atoms with van der Waals surface area (Å²) in [4.78, 5) is 12.3. The van der Waals surface area contributed by atoms with Gasteiger partial charge in [-0.3, -0.25) is 4.79 Å². The van der Waals surface area contributed by atoms with Crippen LogP contribution in [0.25, 0.3) is 0 Å². The average molecular weight is 377 g/mol. The number of hydrogen-bond acceptors (Lipinski definition) is 4. The van der Waals surface area contributed by atoms with Crippen LogP contribution < -0.4 is 0 Å². The lowest BCUT2D eigenvalue weighted by Crippen LogP contribution is -2.74. The summed E-state index contributed by atoms with van der Waals surface area (Å²) in [5, 5.41) is 11.1. The van der Waals surface area contributed by atoms with Gasteiger partial charge in [0.2, 0.25) is 0 Å². The van der Waals surface area contributed by atoms with Gasteiger partial charge in [-0.1, -0.05) is 20.8 Å². The summed E-state index contributed by atoms with van der Waals surface area (Å²) < 4.78 is 11.8. The lowest BCUT2D eigenvalue weighted by molar-refractivity contribution is -0.418. The molecule has 6 aliphatic rings. The summed E-state index contributed by atoms with van der Waals surface area (Å²) in [6.07, 6.45) is 9.68. The molecule has 1 spiro atoms. The Morgan fingerprint density at radius 3 is 2.56 bits per heavy atom. The molecule has 0 amide bonds. The number of aliphatic hydroxyl groups is 1. The molecule has 152 valence electrons. The largest absolute Gasteiger partial charge is 0.469 e. The SMILES string of the molecule is COC(=O)[C@@H](C)[C@H]1CCC2C3CC[C@@H]4C[C@@]5(O)CC[C@]4(C)[C@]3(CC[C@@]21C)O5. The molecule has 27 heavy (non-hydrogen) atoms. The van der Waals surface area contributed by atoms with Crippen LogP contribution in [0.5, 0.6) is 0 Å². The van der Waals surface area contributed by atoms with E-state index in [4.69, 9.17) is 9.47 Å². The monoisotopic (exact) mass is 376 g/mol. The highest BCUT2D eigenvalue weighted by atomic mass is 16.6. The number of esters is 1. The predicted octanol–water partition coefficient (Wildman–Crippen LogP) is 4.30. The van der Waals surface area contributed by atoms with Crippen molar-refractivity contribution in [1.29, 1.82) is 0 Å². The van der Waals surface area contributed by atoms with Crippen molar-refractivity contribution in [1.82, 2.24) is 0 Å². The van der Waals surface area contributed by atoms with Crippen molar-refractivity contribution in [2.24, 2.45) is 40.4 Å². The molecule has 2 saturated heterocycles. The molecule has 0 aromatic carbocycles. The van der Waals surface area contributed by atoms with Crippen molar-refractivity contribution < 1.29 is 19.4 Å². The Morgan fingerprint density at radius 1 is 1.07 bits per heavy atom. The van der Waals surface area contributed by atoms with Crippen LogP contribution in [0.2, 0.25) is 0 Å². The van der Waals surface area contributed by atoms with Gasteiger partial charge in [0, 0.05) is 18.3 Å². The highest BCUT2D eigenvalue weighted by molar-refractivity contribution is 5.72. The van der Waals surface area contributed by atoms with Crippen LogP contribution in [0.1, 0.15) is 78.6 Å². The minimum absolute atomic E-state index is 0.0288. The van der Waals surface area contributed by atoms with Crippen molar-refractivity contribution in [3.63, 3.8) is 0 Å². The van der Waals surface area contributed by atoms with Crippen LogP contribution in [0.15, 0.2) is 0 Å². The summed E-state index contributed by atoms with van der Waals surface area (Å²) in [5.74, 6) is 1.17. The summed E-state index contributed by atoms with van der Waals surface area (Å²) in [7, 11) is 1.51.